The standard InChI is InChI=1S/C16H20N4O5/c1-9-11(16(22)20-18-9)7-13(21)19-17-8-10-5-6-12(23-2)15(25-4)14(10)24-3/h5-6,8H,7H2,1-4H3,(H,19,21)(H2,18,20,22)/b17-8-. The molecule has 1 aromatic carbocycles. The van der Waals surface area contributed by atoms with Gasteiger partial charge in [-0.3, -0.25) is 14.7 Å². The number of methoxy groups -OCH3 is 3. The maximum absolute atomic E-state index is 11.9. The van der Waals surface area contributed by atoms with E-state index >= 15 is 0 Å². The number of amides is 1. The van der Waals surface area contributed by atoms with Crippen molar-refractivity contribution in [1.82, 2.24) is 15.6 Å². The van der Waals surface area contributed by atoms with Crippen molar-refractivity contribution >= 4 is 12.1 Å². The van der Waals surface area contributed by atoms with Crippen LogP contribution in [-0.2, 0) is 11.2 Å². The molecule has 2 rings (SSSR count). The first kappa shape index (κ1) is 18.1. The van der Waals surface area contributed by atoms with E-state index in [1.165, 1.54) is 27.5 Å². The summed E-state index contributed by atoms with van der Waals surface area (Å²) in [6.07, 6.45) is 1.35. The molecule has 9 heteroatoms. The first-order valence-electron chi connectivity index (χ1n) is 7.38. The summed E-state index contributed by atoms with van der Waals surface area (Å²) >= 11 is 0. The Morgan fingerprint density at radius 1 is 1.16 bits per heavy atom. The number of hydrogen-bond donors (Lipinski definition) is 3. The Bertz CT molecular complexity index is 838. The highest BCUT2D eigenvalue weighted by atomic mass is 16.5. The Morgan fingerprint density at radius 2 is 1.88 bits per heavy atom. The van der Waals surface area contributed by atoms with E-state index in [0.29, 0.717) is 34.1 Å². The fourth-order valence-electron chi connectivity index (χ4n) is 2.28. The van der Waals surface area contributed by atoms with Crippen LogP contribution in [0.5, 0.6) is 17.2 Å². The second-order valence-corrected chi connectivity index (χ2v) is 5.08. The number of aromatic nitrogens is 2. The van der Waals surface area contributed by atoms with E-state index in [1.807, 2.05) is 0 Å². The van der Waals surface area contributed by atoms with Gasteiger partial charge in [0.05, 0.1) is 34.0 Å². The topological polar surface area (TPSA) is 118 Å². The number of nitrogens with one attached hydrogen (secondary N) is 3. The number of aryl methyl sites for hydroxylation is 1. The van der Waals surface area contributed by atoms with Crippen molar-refractivity contribution in [2.24, 2.45) is 5.10 Å². The number of benzene rings is 1. The average Bonchev–Trinajstić information content (AvgIpc) is 2.92. The van der Waals surface area contributed by atoms with Crippen molar-refractivity contribution in [3.63, 3.8) is 0 Å². The Hall–Kier alpha value is -3.23. The SMILES string of the molecule is COc1ccc(/C=N\NC(=O)Cc2c(C)[nH][nH]c2=O)c(OC)c1OC. The number of aromatic amines is 2. The van der Waals surface area contributed by atoms with E-state index in [4.69, 9.17) is 14.2 Å². The third-order valence-corrected chi connectivity index (χ3v) is 3.56. The lowest BCUT2D eigenvalue weighted by atomic mass is 10.2. The summed E-state index contributed by atoms with van der Waals surface area (Å²) < 4.78 is 15.8. The van der Waals surface area contributed by atoms with Crippen LogP contribution in [0, 0.1) is 6.92 Å². The minimum atomic E-state index is -0.413. The number of rotatable bonds is 7. The monoisotopic (exact) mass is 348 g/mol. The van der Waals surface area contributed by atoms with Gasteiger partial charge in [-0.25, -0.2) is 5.43 Å². The highest BCUT2D eigenvalue weighted by Crippen LogP contribution is 2.38. The van der Waals surface area contributed by atoms with Crippen LogP contribution in [0.15, 0.2) is 22.0 Å². The van der Waals surface area contributed by atoms with Crippen LogP contribution in [-0.4, -0.2) is 43.6 Å². The van der Waals surface area contributed by atoms with E-state index in [1.54, 1.807) is 19.1 Å². The summed E-state index contributed by atoms with van der Waals surface area (Å²) in [7, 11) is 4.52. The quantitative estimate of drug-likeness (QED) is 0.504. The fraction of sp³-hybridized carbons (Fsp3) is 0.312. The van der Waals surface area contributed by atoms with Gasteiger partial charge in [-0.2, -0.15) is 5.10 Å². The molecular weight excluding hydrogens is 328 g/mol. The zero-order valence-corrected chi connectivity index (χ0v) is 14.4. The fourth-order valence-corrected chi connectivity index (χ4v) is 2.28. The van der Waals surface area contributed by atoms with E-state index in [2.05, 4.69) is 20.7 Å². The van der Waals surface area contributed by atoms with Gasteiger partial charge >= 0.3 is 0 Å². The van der Waals surface area contributed by atoms with Crippen LogP contribution in [0.4, 0.5) is 0 Å². The van der Waals surface area contributed by atoms with Crippen LogP contribution in [0.1, 0.15) is 16.8 Å². The molecule has 134 valence electrons. The van der Waals surface area contributed by atoms with Crippen LogP contribution in [0.2, 0.25) is 0 Å². The van der Waals surface area contributed by atoms with Gasteiger partial charge < -0.3 is 19.3 Å². The third-order valence-electron chi connectivity index (χ3n) is 3.56. The molecule has 0 saturated carbocycles. The second-order valence-electron chi connectivity index (χ2n) is 5.08. The molecule has 0 spiro atoms. The van der Waals surface area contributed by atoms with Crippen molar-refractivity contribution in [1.29, 1.82) is 0 Å². The Balaban J connectivity index is 2.11. The number of nitrogens with zero attached hydrogens (tertiary/aromatic N) is 1. The smallest absolute Gasteiger partial charge is 0.267 e. The minimum Gasteiger partial charge on any atom is -0.493 e. The Morgan fingerprint density at radius 3 is 2.44 bits per heavy atom. The first-order valence-corrected chi connectivity index (χ1v) is 7.38. The summed E-state index contributed by atoms with van der Waals surface area (Å²) in [6.45, 7) is 1.71. The molecule has 0 atom stereocenters. The molecule has 0 bridgehead atoms. The lowest BCUT2D eigenvalue weighted by molar-refractivity contribution is -0.120. The van der Waals surface area contributed by atoms with Crippen LogP contribution >= 0.6 is 0 Å². The van der Waals surface area contributed by atoms with Gasteiger partial charge in [-0.05, 0) is 19.1 Å². The van der Waals surface area contributed by atoms with Gasteiger partial charge in [-0.15, -0.1) is 0 Å². The Kier molecular flexibility index (Phi) is 5.83. The van der Waals surface area contributed by atoms with Gasteiger partial charge in [0.2, 0.25) is 11.7 Å². The molecule has 0 aliphatic heterocycles. The molecule has 0 aliphatic rings. The number of ether oxygens (including phenoxy) is 3. The Labute approximate surface area is 144 Å². The summed E-state index contributed by atoms with van der Waals surface area (Å²) in [4.78, 5) is 23.5. The molecule has 0 radical (unpaired) electrons. The zero-order chi connectivity index (χ0) is 18.4. The van der Waals surface area contributed by atoms with Crippen molar-refractivity contribution in [2.75, 3.05) is 21.3 Å². The molecule has 0 aliphatic carbocycles. The molecule has 1 amide bonds. The zero-order valence-electron chi connectivity index (χ0n) is 14.4. The average molecular weight is 348 g/mol. The molecule has 25 heavy (non-hydrogen) atoms. The van der Waals surface area contributed by atoms with Crippen molar-refractivity contribution < 1.29 is 19.0 Å². The van der Waals surface area contributed by atoms with Gasteiger partial charge in [0, 0.05) is 16.8 Å². The number of H-pyrrole nitrogens is 2. The predicted molar refractivity (Wildman–Crippen MR) is 91.7 cm³/mol. The number of hydrazone groups is 1. The predicted octanol–water partition coefficient (Wildman–Crippen LogP) is 0.730. The largest absolute Gasteiger partial charge is 0.493 e. The number of hydrogen-bond acceptors (Lipinski definition) is 6. The second kappa shape index (κ2) is 8.04. The molecule has 0 fully saturated rings. The van der Waals surface area contributed by atoms with E-state index in [9.17, 15) is 9.59 Å². The van der Waals surface area contributed by atoms with Crippen molar-refractivity contribution in [3.05, 3.63) is 39.3 Å². The molecule has 0 unspecified atom stereocenters. The van der Waals surface area contributed by atoms with Gasteiger partial charge in [0.15, 0.2) is 11.5 Å². The summed E-state index contributed by atoms with van der Waals surface area (Å²) in [6, 6.07) is 3.42. The molecule has 9 nitrogen and oxygen atoms in total. The maximum atomic E-state index is 11.9. The van der Waals surface area contributed by atoms with Gasteiger partial charge in [0.1, 0.15) is 0 Å². The lowest BCUT2D eigenvalue weighted by Crippen LogP contribution is -2.23. The van der Waals surface area contributed by atoms with Crippen LogP contribution in [0.25, 0.3) is 0 Å². The highest BCUT2D eigenvalue weighted by molar-refractivity contribution is 5.87. The molecule has 1 aromatic heterocycles. The van der Waals surface area contributed by atoms with E-state index < -0.39 is 5.91 Å². The molecule has 2 aromatic rings. The molecular formula is C16H20N4O5. The summed E-state index contributed by atoms with van der Waals surface area (Å²) in [5, 5.41) is 8.98. The maximum Gasteiger partial charge on any atom is 0.267 e. The molecule has 1 heterocycles. The number of carbonyl (C=O) groups excluding carboxylic acids is 1. The minimum absolute atomic E-state index is 0.0783. The van der Waals surface area contributed by atoms with Crippen molar-refractivity contribution in [3.8, 4) is 17.2 Å². The lowest BCUT2D eigenvalue weighted by Gasteiger charge is -2.13. The van der Waals surface area contributed by atoms with Gasteiger partial charge in [-0.1, -0.05) is 0 Å². The van der Waals surface area contributed by atoms with Crippen LogP contribution < -0.4 is 25.2 Å². The summed E-state index contributed by atoms with van der Waals surface area (Å²) in [5.41, 5.74) is 3.64. The van der Waals surface area contributed by atoms with Crippen LogP contribution in [0.3, 0.4) is 0 Å². The van der Waals surface area contributed by atoms with E-state index in [0.717, 1.165) is 0 Å². The highest BCUT2D eigenvalue weighted by Gasteiger charge is 2.15. The van der Waals surface area contributed by atoms with Gasteiger partial charge in [0.25, 0.3) is 5.56 Å². The normalized spacial score (nSPS) is 10.7. The van der Waals surface area contributed by atoms with E-state index in [-0.39, 0.29) is 12.0 Å². The third kappa shape index (κ3) is 4.00. The first-order chi connectivity index (χ1) is 12.0. The number of carbonyl (C=O) groups is 1. The van der Waals surface area contributed by atoms with Crippen molar-refractivity contribution in [2.45, 2.75) is 13.3 Å². The molecule has 3 N–H and O–H groups in total. The molecule has 0 saturated heterocycles. The summed E-state index contributed by atoms with van der Waals surface area (Å²) in [5.74, 6) is 0.958.